The van der Waals surface area contributed by atoms with Gasteiger partial charge in [-0.1, -0.05) is 6.92 Å². The maximum Gasteiger partial charge on any atom is 0.0573 e. The monoisotopic (exact) mass is 225 g/mol. The molecule has 0 aromatic rings. The first-order valence-corrected chi connectivity index (χ1v) is 6.88. The highest BCUT2D eigenvalue weighted by Gasteiger charge is 2.40. The highest BCUT2D eigenvalue weighted by molar-refractivity contribution is 4.91. The van der Waals surface area contributed by atoms with Crippen LogP contribution in [0.15, 0.2) is 0 Å². The Hall–Kier alpha value is -0.0800. The molecule has 2 aliphatic heterocycles. The van der Waals surface area contributed by atoms with Gasteiger partial charge in [0.05, 0.1) is 12.7 Å². The van der Waals surface area contributed by atoms with Gasteiger partial charge >= 0.3 is 0 Å². The van der Waals surface area contributed by atoms with E-state index in [9.17, 15) is 0 Å². The van der Waals surface area contributed by atoms with Crippen molar-refractivity contribution in [3.63, 3.8) is 0 Å². The van der Waals surface area contributed by atoms with Crippen LogP contribution < -0.4 is 0 Å². The maximum atomic E-state index is 5.96. The van der Waals surface area contributed by atoms with Gasteiger partial charge in [-0.25, -0.2) is 0 Å². The van der Waals surface area contributed by atoms with Crippen LogP contribution in [0.25, 0.3) is 0 Å². The topological polar surface area (TPSA) is 12.5 Å². The molecule has 94 valence electrons. The molecule has 16 heavy (non-hydrogen) atoms. The van der Waals surface area contributed by atoms with E-state index in [1.54, 1.807) is 0 Å². The predicted molar refractivity (Wildman–Crippen MR) is 67.6 cm³/mol. The predicted octanol–water partition coefficient (Wildman–Crippen LogP) is 2.92. The third kappa shape index (κ3) is 2.43. The summed E-state index contributed by atoms with van der Waals surface area (Å²) in [5, 5.41) is 0. The maximum absolute atomic E-state index is 5.96. The minimum atomic E-state index is 0.466. The molecule has 2 nitrogen and oxygen atoms in total. The number of rotatable bonds is 1. The third-order valence-electron chi connectivity index (χ3n) is 4.80. The average Bonchev–Trinajstić information content (AvgIpc) is 2.25. The second-order valence-electron chi connectivity index (χ2n) is 6.33. The molecule has 2 aliphatic rings. The summed E-state index contributed by atoms with van der Waals surface area (Å²) in [6, 6.07) is 0.707. The third-order valence-corrected chi connectivity index (χ3v) is 4.80. The van der Waals surface area contributed by atoms with Crippen molar-refractivity contribution in [2.45, 2.75) is 59.1 Å². The van der Waals surface area contributed by atoms with E-state index in [4.69, 9.17) is 4.74 Å². The van der Waals surface area contributed by atoms with Crippen LogP contribution >= 0.6 is 0 Å². The molecule has 2 heterocycles. The second-order valence-corrected chi connectivity index (χ2v) is 6.33. The number of likely N-dealkylation sites (tertiary alicyclic amines) is 1. The minimum absolute atomic E-state index is 0.466. The van der Waals surface area contributed by atoms with Gasteiger partial charge in [0.2, 0.25) is 0 Å². The Morgan fingerprint density at radius 2 is 1.81 bits per heavy atom. The lowest BCUT2D eigenvalue weighted by Gasteiger charge is -2.48. The Morgan fingerprint density at radius 1 is 1.19 bits per heavy atom. The van der Waals surface area contributed by atoms with E-state index < -0.39 is 0 Å². The van der Waals surface area contributed by atoms with Crippen molar-refractivity contribution >= 4 is 0 Å². The molecule has 0 radical (unpaired) electrons. The molecule has 2 heteroatoms. The molecule has 0 aromatic heterocycles. The van der Waals surface area contributed by atoms with Gasteiger partial charge in [0.15, 0.2) is 0 Å². The zero-order valence-electron chi connectivity index (χ0n) is 11.3. The Balaban J connectivity index is 1.92. The number of piperidine rings is 1. The molecule has 2 saturated heterocycles. The van der Waals surface area contributed by atoms with Crippen LogP contribution in [0.2, 0.25) is 0 Å². The summed E-state index contributed by atoms with van der Waals surface area (Å²) in [6.45, 7) is 12.7. The molecule has 2 unspecified atom stereocenters. The van der Waals surface area contributed by atoms with Crippen molar-refractivity contribution in [3.8, 4) is 0 Å². The summed E-state index contributed by atoms with van der Waals surface area (Å²) in [5.41, 5.74) is 0.511. The van der Waals surface area contributed by atoms with Crippen molar-refractivity contribution in [2.24, 2.45) is 11.3 Å². The molecule has 0 N–H and O–H groups in total. The number of hydrogen-bond acceptors (Lipinski definition) is 2. The first kappa shape index (κ1) is 12.4. The molecule has 0 saturated carbocycles. The minimum Gasteiger partial charge on any atom is -0.378 e. The molecule has 2 atom stereocenters. The highest BCUT2D eigenvalue weighted by atomic mass is 16.5. The molecular weight excluding hydrogens is 198 g/mol. The number of ether oxygens (including phenoxy) is 1. The Labute approximate surface area is 100 Å². The zero-order chi connectivity index (χ0) is 11.8. The molecule has 2 rings (SSSR count). The fourth-order valence-corrected chi connectivity index (χ4v) is 3.24. The second kappa shape index (κ2) is 4.66. The van der Waals surface area contributed by atoms with Crippen molar-refractivity contribution in [2.75, 3.05) is 19.7 Å². The van der Waals surface area contributed by atoms with Crippen molar-refractivity contribution in [1.82, 2.24) is 4.90 Å². The Morgan fingerprint density at radius 3 is 2.31 bits per heavy atom. The quantitative estimate of drug-likeness (QED) is 0.680. The van der Waals surface area contributed by atoms with Gasteiger partial charge in [-0.15, -0.1) is 0 Å². The van der Waals surface area contributed by atoms with Crippen molar-refractivity contribution < 1.29 is 4.74 Å². The molecule has 0 bridgehead atoms. The summed E-state index contributed by atoms with van der Waals surface area (Å²) in [5.74, 6) is 0.736. The van der Waals surface area contributed by atoms with Crippen LogP contribution in [0.5, 0.6) is 0 Å². The van der Waals surface area contributed by atoms with Gasteiger partial charge in [-0.2, -0.15) is 0 Å². The summed E-state index contributed by atoms with van der Waals surface area (Å²) in [4.78, 5) is 2.61. The van der Waals surface area contributed by atoms with Gasteiger partial charge in [0, 0.05) is 6.04 Å². The molecule has 1 spiro atoms. The fraction of sp³-hybridized carbons (Fsp3) is 1.00. The van der Waals surface area contributed by atoms with E-state index >= 15 is 0 Å². The van der Waals surface area contributed by atoms with E-state index in [0.717, 1.165) is 12.5 Å². The van der Waals surface area contributed by atoms with Crippen LogP contribution in [0.3, 0.4) is 0 Å². The molecular formula is C14H27NO. The SMILES string of the molecule is CC1CC2(CCN(C(C)C)CC2)COC1C. The lowest BCUT2D eigenvalue weighted by Crippen LogP contribution is -2.49. The van der Waals surface area contributed by atoms with E-state index in [1.165, 1.54) is 32.4 Å². The van der Waals surface area contributed by atoms with Crippen molar-refractivity contribution in [3.05, 3.63) is 0 Å². The largest absolute Gasteiger partial charge is 0.378 e. The average molecular weight is 225 g/mol. The first-order chi connectivity index (χ1) is 7.52. The number of hydrogen-bond donors (Lipinski definition) is 0. The van der Waals surface area contributed by atoms with Crippen LogP contribution in [0.4, 0.5) is 0 Å². The van der Waals surface area contributed by atoms with Crippen LogP contribution in [-0.4, -0.2) is 36.7 Å². The van der Waals surface area contributed by atoms with Crippen LogP contribution in [0, 0.1) is 11.3 Å². The Kier molecular flexibility index (Phi) is 3.60. The van der Waals surface area contributed by atoms with Gasteiger partial charge in [-0.3, -0.25) is 0 Å². The fourth-order valence-electron chi connectivity index (χ4n) is 3.24. The van der Waals surface area contributed by atoms with Gasteiger partial charge in [0.25, 0.3) is 0 Å². The molecule has 0 aliphatic carbocycles. The van der Waals surface area contributed by atoms with E-state index in [2.05, 4.69) is 32.6 Å². The lowest BCUT2D eigenvalue weighted by atomic mass is 9.70. The van der Waals surface area contributed by atoms with Gasteiger partial charge < -0.3 is 9.64 Å². The van der Waals surface area contributed by atoms with Crippen molar-refractivity contribution in [1.29, 1.82) is 0 Å². The highest BCUT2D eigenvalue weighted by Crippen LogP contribution is 2.42. The Bertz CT molecular complexity index is 231. The standard InChI is InChI=1S/C14H27NO/c1-11(2)15-7-5-14(6-8-15)9-12(3)13(4)16-10-14/h11-13H,5-10H2,1-4H3. The number of nitrogens with zero attached hydrogens (tertiary/aromatic N) is 1. The van der Waals surface area contributed by atoms with Gasteiger partial charge in [0.1, 0.15) is 0 Å². The molecule has 0 amide bonds. The molecule has 2 fully saturated rings. The van der Waals surface area contributed by atoms with Crippen LogP contribution in [-0.2, 0) is 4.74 Å². The van der Waals surface area contributed by atoms with Gasteiger partial charge in [-0.05, 0) is 64.5 Å². The summed E-state index contributed by atoms with van der Waals surface area (Å²) in [6.07, 6.45) is 4.51. The van der Waals surface area contributed by atoms with Crippen LogP contribution in [0.1, 0.15) is 47.0 Å². The van der Waals surface area contributed by atoms with E-state index in [-0.39, 0.29) is 0 Å². The first-order valence-electron chi connectivity index (χ1n) is 6.88. The summed E-state index contributed by atoms with van der Waals surface area (Å²) < 4.78 is 5.96. The summed E-state index contributed by atoms with van der Waals surface area (Å²) >= 11 is 0. The lowest BCUT2D eigenvalue weighted by molar-refractivity contribution is -0.108. The summed E-state index contributed by atoms with van der Waals surface area (Å²) in [7, 11) is 0. The zero-order valence-corrected chi connectivity index (χ0v) is 11.3. The van der Waals surface area contributed by atoms with E-state index in [1.807, 2.05) is 0 Å². The smallest absolute Gasteiger partial charge is 0.0573 e. The van der Waals surface area contributed by atoms with E-state index in [0.29, 0.717) is 17.6 Å². The normalized spacial score (nSPS) is 35.8. The molecule has 0 aromatic carbocycles.